The number of aryl methyl sites for hydroxylation is 2. The van der Waals surface area contributed by atoms with Crippen LogP contribution in [-0.2, 0) is 11.2 Å². The van der Waals surface area contributed by atoms with Crippen molar-refractivity contribution in [3.8, 4) is 12.8 Å². The summed E-state index contributed by atoms with van der Waals surface area (Å²) in [4.78, 5) is 11.7. The number of unbranched alkanes of at least 4 members (excludes halogenated alkanes) is 1. The lowest BCUT2D eigenvalue weighted by Gasteiger charge is -2.22. The highest BCUT2D eigenvalue weighted by atomic mass is 35.5. The molecule has 0 radical (unpaired) electrons. The lowest BCUT2D eigenvalue weighted by Crippen LogP contribution is -2.36. The van der Waals surface area contributed by atoms with Crippen LogP contribution in [0.2, 0.25) is 0 Å². The molecular formula is C26H38ClFN2O. The van der Waals surface area contributed by atoms with Crippen LogP contribution in [0.4, 0.5) is 4.39 Å². The summed E-state index contributed by atoms with van der Waals surface area (Å²) >= 11 is 5.30. The van der Waals surface area contributed by atoms with E-state index in [1.165, 1.54) is 42.5 Å². The van der Waals surface area contributed by atoms with Crippen molar-refractivity contribution in [3.05, 3.63) is 58.9 Å². The minimum Gasteiger partial charge on any atom is -0.352 e. The number of benzene rings is 1. The molecule has 1 saturated heterocycles. The van der Waals surface area contributed by atoms with E-state index in [1.54, 1.807) is 6.92 Å². The quantitative estimate of drug-likeness (QED) is 0.231. The second-order valence-electron chi connectivity index (χ2n) is 7.59. The van der Waals surface area contributed by atoms with Crippen LogP contribution in [0.1, 0.15) is 50.7 Å². The van der Waals surface area contributed by atoms with E-state index in [4.69, 9.17) is 11.6 Å². The summed E-state index contributed by atoms with van der Waals surface area (Å²) in [6, 6.07) is 8.83. The molecule has 1 aromatic rings. The number of amides is 1. The van der Waals surface area contributed by atoms with Crippen molar-refractivity contribution in [2.24, 2.45) is 5.92 Å². The largest absolute Gasteiger partial charge is 0.352 e. The Morgan fingerprint density at radius 3 is 2.39 bits per heavy atom. The SMILES string of the molecule is C#C.C/C(=C\C=C(\F)CCl)C(=O)NCC1CCNCC1.CCCCc1ccc(C)cc1. The second-order valence-corrected chi connectivity index (χ2v) is 7.86. The Bertz CT molecular complexity index is 689. The highest BCUT2D eigenvalue weighted by Crippen LogP contribution is 2.10. The van der Waals surface area contributed by atoms with Crippen LogP contribution in [0, 0.1) is 25.7 Å². The molecule has 5 heteroatoms. The fraction of sp³-hybridized carbons (Fsp3) is 0.500. The molecule has 0 saturated carbocycles. The third kappa shape index (κ3) is 14.5. The highest BCUT2D eigenvalue weighted by Gasteiger charge is 2.14. The van der Waals surface area contributed by atoms with Crippen molar-refractivity contribution in [1.29, 1.82) is 0 Å². The van der Waals surface area contributed by atoms with E-state index < -0.39 is 5.83 Å². The van der Waals surface area contributed by atoms with Gasteiger partial charge in [0.15, 0.2) is 0 Å². The first-order valence-electron chi connectivity index (χ1n) is 10.9. The van der Waals surface area contributed by atoms with Gasteiger partial charge in [0.05, 0.1) is 5.88 Å². The minimum absolute atomic E-state index is 0.146. The first-order chi connectivity index (χ1) is 15.0. The molecule has 1 heterocycles. The zero-order valence-electron chi connectivity index (χ0n) is 19.2. The molecule has 1 aliphatic heterocycles. The first kappa shape index (κ1) is 28.9. The summed E-state index contributed by atoms with van der Waals surface area (Å²) in [5, 5.41) is 6.15. The summed E-state index contributed by atoms with van der Waals surface area (Å²) in [7, 11) is 0. The zero-order chi connectivity index (χ0) is 23.5. The lowest BCUT2D eigenvalue weighted by atomic mass is 9.98. The van der Waals surface area contributed by atoms with Gasteiger partial charge in [0.1, 0.15) is 5.83 Å². The molecule has 2 rings (SSSR count). The van der Waals surface area contributed by atoms with Crippen LogP contribution >= 0.6 is 11.6 Å². The predicted octanol–water partition coefficient (Wildman–Crippen LogP) is 5.73. The molecule has 31 heavy (non-hydrogen) atoms. The van der Waals surface area contributed by atoms with Gasteiger partial charge in [0.25, 0.3) is 0 Å². The summed E-state index contributed by atoms with van der Waals surface area (Å²) in [5.41, 5.74) is 3.31. The molecule has 1 amide bonds. The predicted molar refractivity (Wildman–Crippen MR) is 132 cm³/mol. The molecule has 1 fully saturated rings. The van der Waals surface area contributed by atoms with Gasteiger partial charge in [-0.25, -0.2) is 4.39 Å². The summed E-state index contributed by atoms with van der Waals surface area (Å²) in [6.07, 6.45) is 16.7. The molecule has 0 aromatic heterocycles. The maximum atomic E-state index is 12.8. The van der Waals surface area contributed by atoms with Crippen LogP contribution in [0.3, 0.4) is 0 Å². The number of rotatable bonds is 8. The molecule has 2 N–H and O–H groups in total. The van der Waals surface area contributed by atoms with Gasteiger partial charge in [-0.2, -0.15) is 0 Å². The number of halogens is 2. The van der Waals surface area contributed by atoms with Gasteiger partial charge >= 0.3 is 0 Å². The molecule has 0 atom stereocenters. The molecule has 0 bridgehead atoms. The number of carbonyl (C=O) groups excluding carboxylic acids is 1. The number of carbonyl (C=O) groups is 1. The van der Waals surface area contributed by atoms with Gasteiger partial charge < -0.3 is 10.6 Å². The second kappa shape index (κ2) is 18.7. The van der Waals surface area contributed by atoms with E-state index in [2.05, 4.69) is 61.6 Å². The van der Waals surface area contributed by atoms with Crippen LogP contribution in [0.25, 0.3) is 0 Å². The Hall–Kier alpha value is -2.09. The topological polar surface area (TPSA) is 41.1 Å². The normalized spacial score (nSPS) is 14.5. The van der Waals surface area contributed by atoms with E-state index in [0.29, 0.717) is 18.0 Å². The molecule has 172 valence electrons. The average Bonchev–Trinajstić information content (AvgIpc) is 2.82. The van der Waals surface area contributed by atoms with Gasteiger partial charge in [0, 0.05) is 12.1 Å². The van der Waals surface area contributed by atoms with Gasteiger partial charge in [-0.1, -0.05) is 49.2 Å². The molecule has 1 aliphatic rings. The van der Waals surface area contributed by atoms with Gasteiger partial charge in [-0.3, -0.25) is 4.79 Å². The van der Waals surface area contributed by atoms with Crippen molar-refractivity contribution in [2.45, 2.75) is 52.9 Å². The summed E-state index contributed by atoms with van der Waals surface area (Å²) in [5.74, 6) is -0.215. The Kier molecular flexibility index (Phi) is 17.4. The van der Waals surface area contributed by atoms with Gasteiger partial charge in [-0.05, 0) is 70.2 Å². The van der Waals surface area contributed by atoms with Crippen LogP contribution < -0.4 is 10.6 Å². The van der Waals surface area contributed by atoms with E-state index >= 15 is 0 Å². The molecule has 0 unspecified atom stereocenters. The maximum absolute atomic E-state index is 12.8. The van der Waals surface area contributed by atoms with Crippen molar-refractivity contribution in [2.75, 3.05) is 25.5 Å². The fourth-order valence-corrected chi connectivity index (χ4v) is 3.02. The van der Waals surface area contributed by atoms with E-state index in [0.717, 1.165) is 25.9 Å². The fourth-order valence-electron chi connectivity index (χ4n) is 2.93. The van der Waals surface area contributed by atoms with E-state index in [1.807, 2.05) is 0 Å². The number of hydrogen-bond acceptors (Lipinski definition) is 2. The van der Waals surface area contributed by atoms with Crippen molar-refractivity contribution in [1.82, 2.24) is 10.6 Å². The summed E-state index contributed by atoms with van der Waals surface area (Å²) < 4.78 is 12.8. The van der Waals surface area contributed by atoms with Gasteiger partial charge in [-0.15, -0.1) is 24.4 Å². The number of allylic oxidation sites excluding steroid dienone is 3. The monoisotopic (exact) mass is 448 g/mol. The highest BCUT2D eigenvalue weighted by molar-refractivity contribution is 6.19. The number of piperidine rings is 1. The zero-order valence-corrected chi connectivity index (χ0v) is 20.0. The third-order valence-electron chi connectivity index (χ3n) is 4.95. The summed E-state index contributed by atoms with van der Waals surface area (Å²) in [6.45, 7) is 8.74. The number of alkyl halides is 1. The Balaban J connectivity index is 0.000000591. The van der Waals surface area contributed by atoms with Crippen LogP contribution in [0.5, 0.6) is 0 Å². The number of terminal acetylenes is 1. The van der Waals surface area contributed by atoms with Crippen LogP contribution in [-0.4, -0.2) is 31.4 Å². The average molecular weight is 449 g/mol. The third-order valence-corrected chi connectivity index (χ3v) is 5.20. The molecule has 3 nitrogen and oxygen atoms in total. The Morgan fingerprint density at radius 1 is 1.23 bits per heavy atom. The Labute approximate surface area is 193 Å². The maximum Gasteiger partial charge on any atom is 0.246 e. The van der Waals surface area contributed by atoms with Gasteiger partial charge in [0.2, 0.25) is 5.91 Å². The lowest BCUT2D eigenvalue weighted by molar-refractivity contribution is -0.117. The molecule has 0 aliphatic carbocycles. The van der Waals surface area contributed by atoms with E-state index in [-0.39, 0.29) is 11.8 Å². The molecular weight excluding hydrogens is 411 g/mol. The van der Waals surface area contributed by atoms with E-state index in [9.17, 15) is 9.18 Å². The first-order valence-corrected chi connectivity index (χ1v) is 11.5. The Morgan fingerprint density at radius 2 is 1.84 bits per heavy atom. The molecule has 0 spiro atoms. The number of hydrogen-bond donors (Lipinski definition) is 2. The van der Waals surface area contributed by atoms with Crippen molar-refractivity contribution >= 4 is 17.5 Å². The van der Waals surface area contributed by atoms with Crippen molar-refractivity contribution in [3.63, 3.8) is 0 Å². The molecule has 1 aromatic carbocycles. The smallest absolute Gasteiger partial charge is 0.246 e. The van der Waals surface area contributed by atoms with Crippen LogP contribution in [0.15, 0.2) is 47.8 Å². The minimum atomic E-state index is -0.442. The number of nitrogens with one attached hydrogen (secondary N) is 2. The van der Waals surface area contributed by atoms with Crippen molar-refractivity contribution < 1.29 is 9.18 Å². The standard InChI is InChI=1S/C13H20ClFN2O.C11H16.C2H2/c1-10(2-3-12(15)8-14)13(18)17-9-11-4-6-16-7-5-11;1-3-4-5-11-8-6-10(2)7-9-11;1-2/h2-3,11,16H,4-9H2,1H3,(H,17,18);6-9H,3-5H2,1-2H3;1-2H/b10-2+,12-3+;;.